The molecule has 0 bridgehead atoms. The minimum atomic E-state index is -0.435. The summed E-state index contributed by atoms with van der Waals surface area (Å²) in [7, 11) is 0. The van der Waals surface area contributed by atoms with Crippen molar-refractivity contribution in [3.05, 3.63) is 108 Å². The maximum absolute atomic E-state index is 10.6. The predicted octanol–water partition coefficient (Wildman–Crippen LogP) is 5.57. The molecule has 138 valence electrons. The highest BCUT2D eigenvalue weighted by atomic mass is 16.3. The Hall–Kier alpha value is -2.84. The molecule has 0 aliphatic heterocycles. The van der Waals surface area contributed by atoms with Gasteiger partial charge >= 0.3 is 0 Å². The van der Waals surface area contributed by atoms with Crippen LogP contribution in [0.2, 0.25) is 0 Å². The van der Waals surface area contributed by atoms with Crippen molar-refractivity contribution in [1.82, 2.24) is 0 Å². The third kappa shape index (κ3) is 5.83. The quantitative estimate of drug-likeness (QED) is 0.552. The van der Waals surface area contributed by atoms with Crippen molar-refractivity contribution in [3.63, 3.8) is 0 Å². The number of para-hydroxylation sites is 1. The number of aliphatic hydroxyl groups is 1. The van der Waals surface area contributed by atoms with E-state index < -0.39 is 6.10 Å². The summed E-state index contributed by atoms with van der Waals surface area (Å²) in [6.07, 6.45) is 5.83. The molecule has 0 spiro atoms. The average molecular weight is 358 g/mol. The van der Waals surface area contributed by atoms with E-state index in [1.807, 2.05) is 66.7 Å². The number of aromatic hydroxyl groups is 1. The maximum atomic E-state index is 10.6. The summed E-state index contributed by atoms with van der Waals surface area (Å²) in [6, 6.07) is 27.7. The van der Waals surface area contributed by atoms with Crippen molar-refractivity contribution < 1.29 is 10.2 Å². The molecule has 0 amide bonds. The molecule has 27 heavy (non-hydrogen) atoms. The van der Waals surface area contributed by atoms with Crippen LogP contribution in [0.5, 0.6) is 5.75 Å². The third-order valence-electron chi connectivity index (χ3n) is 4.79. The zero-order valence-electron chi connectivity index (χ0n) is 15.4. The standard InChI is InChI=1S/C25H26O2/c26-23(18-16-21-11-5-2-6-12-21)19-22(24-13-7-8-14-25(24)27)17-15-20-9-3-1-4-10-20/h1-15,17,22-23,26-27H,16,18-19H2/b17-15+/t22-,23-/m0/s1. The molecular weight excluding hydrogens is 332 g/mol. The van der Waals surface area contributed by atoms with Crippen LogP contribution in [0.3, 0.4) is 0 Å². The SMILES string of the molecule is Oc1ccccc1[C@@H](/C=C/c1ccccc1)C[C@@H](O)CCc1ccccc1. The Morgan fingerprint density at radius 1 is 0.778 bits per heavy atom. The average Bonchev–Trinajstić information content (AvgIpc) is 2.72. The molecule has 0 saturated heterocycles. The highest BCUT2D eigenvalue weighted by molar-refractivity contribution is 5.51. The van der Waals surface area contributed by atoms with Gasteiger partial charge in [0.05, 0.1) is 6.10 Å². The smallest absolute Gasteiger partial charge is 0.119 e. The summed E-state index contributed by atoms with van der Waals surface area (Å²) >= 11 is 0. The van der Waals surface area contributed by atoms with Crippen LogP contribution in [0.4, 0.5) is 0 Å². The normalized spacial score (nSPS) is 13.5. The van der Waals surface area contributed by atoms with Crippen molar-refractivity contribution in [2.45, 2.75) is 31.3 Å². The van der Waals surface area contributed by atoms with Crippen LogP contribution in [0.15, 0.2) is 91.0 Å². The topological polar surface area (TPSA) is 40.5 Å². The number of phenolic OH excluding ortho intramolecular Hbond substituents is 1. The van der Waals surface area contributed by atoms with E-state index in [0.717, 1.165) is 17.5 Å². The van der Waals surface area contributed by atoms with Crippen molar-refractivity contribution in [3.8, 4) is 5.75 Å². The lowest BCUT2D eigenvalue weighted by Crippen LogP contribution is -2.12. The molecule has 2 nitrogen and oxygen atoms in total. The molecule has 0 unspecified atom stereocenters. The number of hydrogen-bond acceptors (Lipinski definition) is 2. The number of benzene rings is 3. The summed E-state index contributed by atoms with van der Waals surface area (Å²) in [5.74, 6) is 0.229. The van der Waals surface area contributed by atoms with Gasteiger partial charge in [0.1, 0.15) is 5.75 Å². The molecule has 0 saturated carbocycles. The van der Waals surface area contributed by atoms with E-state index in [2.05, 4.69) is 24.3 Å². The molecule has 0 aliphatic rings. The van der Waals surface area contributed by atoms with Gasteiger partial charge in [-0.2, -0.15) is 0 Å². The number of allylic oxidation sites excluding steroid dienone is 1. The molecule has 3 rings (SSSR count). The highest BCUT2D eigenvalue weighted by Crippen LogP contribution is 2.31. The van der Waals surface area contributed by atoms with Crippen molar-refractivity contribution in [1.29, 1.82) is 0 Å². The van der Waals surface area contributed by atoms with Gasteiger partial charge < -0.3 is 10.2 Å². The Balaban J connectivity index is 1.71. The molecule has 0 radical (unpaired) electrons. The van der Waals surface area contributed by atoms with E-state index >= 15 is 0 Å². The number of aryl methyl sites for hydroxylation is 1. The first-order valence-electron chi connectivity index (χ1n) is 9.45. The van der Waals surface area contributed by atoms with Crippen LogP contribution in [-0.2, 0) is 6.42 Å². The van der Waals surface area contributed by atoms with Crippen LogP contribution in [0.25, 0.3) is 6.08 Å². The van der Waals surface area contributed by atoms with Gasteiger partial charge in [-0.3, -0.25) is 0 Å². The van der Waals surface area contributed by atoms with Crippen molar-refractivity contribution in [2.75, 3.05) is 0 Å². The lowest BCUT2D eigenvalue weighted by molar-refractivity contribution is 0.150. The van der Waals surface area contributed by atoms with Crippen molar-refractivity contribution in [2.24, 2.45) is 0 Å². The lowest BCUT2D eigenvalue weighted by atomic mass is 9.89. The molecule has 0 aliphatic carbocycles. The van der Waals surface area contributed by atoms with E-state index in [0.29, 0.717) is 12.8 Å². The minimum absolute atomic E-state index is 0.0443. The van der Waals surface area contributed by atoms with E-state index in [1.165, 1.54) is 5.56 Å². The van der Waals surface area contributed by atoms with Gasteiger partial charge in [-0.1, -0.05) is 91.0 Å². The molecule has 2 heteroatoms. The number of hydrogen-bond donors (Lipinski definition) is 2. The van der Waals surface area contributed by atoms with Gasteiger partial charge in [0, 0.05) is 11.5 Å². The number of rotatable bonds is 8. The first kappa shape index (κ1) is 18.9. The van der Waals surface area contributed by atoms with Crippen LogP contribution >= 0.6 is 0 Å². The van der Waals surface area contributed by atoms with Gasteiger partial charge in [0.2, 0.25) is 0 Å². The Morgan fingerprint density at radius 2 is 1.41 bits per heavy atom. The Morgan fingerprint density at radius 3 is 2.11 bits per heavy atom. The fourth-order valence-electron chi connectivity index (χ4n) is 3.29. The zero-order valence-corrected chi connectivity index (χ0v) is 15.4. The number of phenols is 1. The van der Waals surface area contributed by atoms with Crippen LogP contribution in [-0.4, -0.2) is 16.3 Å². The van der Waals surface area contributed by atoms with Gasteiger partial charge in [0.15, 0.2) is 0 Å². The summed E-state index contributed by atoms with van der Waals surface area (Å²) in [5, 5.41) is 20.9. The Labute approximate surface area is 161 Å². The van der Waals surface area contributed by atoms with Crippen LogP contribution in [0, 0.1) is 0 Å². The second-order valence-electron chi connectivity index (χ2n) is 6.85. The second kappa shape index (κ2) is 9.75. The monoisotopic (exact) mass is 358 g/mol. The van der Waals surface area contributed by atoms with Gasteiger partial charge in [-0.05, 0) is 36.5 Å². The molecule has 2 N–H and O–H groups in total. The van der Waals surface area contributed by atoms with Gasteiger partial charge in [0.25, 0.3) is 0 Å². The molecule has 2 atom stereocenters. The number of aliphatic hydroxyl groups excluding tert-OH is 1. The third-order valence-corrected chi connectivity index (χ3v) is 4.79. The van der Waals surface area contributed by atoms with E-state index in [1.54, 1.807) is 6.07 Å². The molecule has 3 aromatic rings. The zero-order chi connectivity index (χ0) is 18.9. The maximum Gasteiger partial charge on any atom is 0.119 e. The summed E-state index contributed by atoms with van der Waals surface area (Å²) < 4.78 is 0. The summed E-state index contributed by atoms with van der Waals surface area (Å²) in [4.78, 5) is 0. The molecule has 0 fully saturated rings. The fraction of sp³-hybridized carbons (Fsp3) is 0.200. The predicted molar refractivity (Wildman–Crippen MR) is 112 cm³/mol. The fourth-order valence-corrected chi connectivity index (χ4v) is 3.29. The minimum Gasteiger partial charge on any atom is -0.508 e. The highest BCUT2D eigenvalue weighted by Gasteiger charge is 2.17. The molecular formula is C25H26O2. The Kier molecular flexibility index (Phi) is 6.84. The first-order valence-corrected chi connectivity index (χ1v) is 9.45. The summed E-state index contributed by atoms with van der Waals surface area (Å²) in [5.41, 5.74) is 3.19. The van der Waals surface area contributed by atoms with Gasteiger partial charge in [-0.15, -0.1) is 0 Å². The van der Waals surface area contributed by atoms with E-state index in [-0.39, 0.29) is 11.7 Å². The Bertz CT molecular complexity index is 840. The largest absolute Gasteiger partial charge is 0.508 e. The van der Waals surface area contributed by atoms with Crippen LogP contribution < -0.4 is 0 Å². The molecule has 0 heterocycles. The van der Waals surface area contributed by atoms with Crippen LogP contribution in [0.1, 0.15) is 35.4 Å². The van der Waals surface area contributed by atoms with Gasteiger partial charge in [-0.25, -0.2) is 0 Å². The first-order chi connectivity index (χ1) is 13.2. The summed E-state index contributed by atoms with van der Waals surface area (Å²) in [6.45, 7) is 0. The second-order valence-corrected chi connectivity index (χ2v) is 6.85. The molecule has 3 aromatic carbocycles. The van der Waals surface area contributed by atoms with E-state index in [9.17, 15) is 10.2 Å². The van der Waals surface area contributed by atoms with E-state index in [4.69, 9.17) is 0 Å². The van der Waals surface area contributed by atoms with Crippen molar-refractivity contribution >= 4 is 6.08 Å². The molecule has 0 aromatic heterocycles. The lowest BCUT2D eigenvalue weighted by Gasteiger charge is -2.19.